The Hall–Kier alpha value is -2.63. The number of aliphatic hydroxyl groups excluding tert-OH is 1. The Labute approximate surface area is 155 Å². The third kappa shape index (κ3) is 3.24. The Bertz CT molecular complexity index is 859. The number of benzene rings is 2. The highest BCUT2D eigenvalue weighted by Crippen LogP contribution is 2.41. The summed E-state index contributed by atoms with van der Waals surface area (Å²) in [4.78, 5) is 4.85. The summed E-state index contributed by atoms with van der Waals surface area (Å²) in [6.07, 6.45) is 2.44. The maximum absolute atomic E-state index is 13.8. The highest BCUT2D eigenvalue weighted by molar-refractivity contribution is 5.72. The van der Waals surface area contributed by atoms with Gasteiger partial charge in [-0.25, -0.2) is 8.78 Å². The predicted octanol–water partition coefficient (Wildman–Crippen LogP) is 4.79. The SMILES string of the molecule is [N-]=[N+]=NC1CCC[C@@H](N2c3ccc(F)cc3CCc3cc(F)ccc32)[C@@H]1O. The second-order valence-corrected chi connectivity index (χ2v) is 7.18. The minimum Gasteiger partial charge on any atom is -0.391 e. The summed E-state index contributed by atoms with van der Waals surface area (Å²) in [6.45, 7) is 0. The largest absolute Gasteiger partial charge is 0.391 e. The molecule has 2 aliphatic rings. The maximum atomic E-state index is 13.8. The summed E-state index contributed by atoms with van der Waals surface area (Å²) < 4.78 is 27.7. The number of nitrogens with zero attached hydrogens (tertiary/aromatic N) is 4. The van der Waals surface area contributed by atoms with Crippen molar-refractivity contribution in [3.05, 3.63) is 69.6 Å². The van der Waals surface area contributed by atoms with E-state index in [4.69, 9.17) is 5.53 Å². The predicted molar refractivity (Wildman–Crippen MR) is 98.9 cm³/mol. The van der Waals surface area contributed by atoms with Crippen molar-refractivity contribution in [1.82, 2.24) is 0 Å². The van der Waals surface area contributed by atoms with E-state index in [1.807, 2.05) is 4.90 Å². The molecule has 1 heterocycles. The molecule has 1 fully saturated rings. The molecule has 27 heavy (non-hydrogen) atoms. The van der Waals surface area contributed by atoms with Gasteiger partial charge in [-0.2, -0.15) is 0 Å². The summed E-state index contributed by atoms with van der Waals surface area (Å²) in [6, 6.07) is 8.40. The van der Waals surface area contributed by atoms with Crippen LogP contribution in [0.1, 0.15) is 30.4 Å². The van der Waals surface area contributed by atoms with Crippen LogP contribution < -0.4 is 4.90 Å². The lowest BCUT2D eigenvalue weighted by Crippen LogP contribution is -2.49. The fourth-order valence-electron chi connectivity index (χ4n) is 4.34. The van der Waals surface area contributed by atoms with Gasteiger partial charge in [0.25, 0.3) is 0 Å². The first-order chi connectivity index (χ1) is 13.1. The molecule has 1 N–H and O–H groups in total. The molecule has 1 aliphatic carbocycles. The van der Waals surface area contributed by atoms with Crippen molar-refractivity contribution in [3.63, 3.8) is 0 Å². The monoisotopic (exact) mass is 370 g/mol. The van der Waals surface area contributed by atoms with Crippen molar-refractivity contribution < 1.29 is 13.9 Å². The first kappa shape index (κ1) is 17.8. The Morgan fingerprint density at radius 3 is 2.15 bits per heavy atom. The molecule has 5 nitrogen and oxygen atoms in total. The van der Waals surface area contributed by atoms with Crippen molar-refractivity contribution in [1.29, 1.82) is 0 Å². The molecular weight excluding hydrogens is 350 g/mol. The van der Waals surface area contributed by atoms with Crippen molar-refractivity contribution in [2.24, 2.45) is 5.11 Å². The molecule has 1 saturated carbocycles. The molecule has 0 saturated heterocycles. The number of fused-ring (bicyclic) bond motifs is 2. The average molecular weight is 370 g/mol. The molecule has 0 aromatic heterocycles. The Morgan fingerprint density at radius 2 is 1.59 bits per heavy atom. The van der Waals surface area contributed by atoms with Crippen LogP contribution in [0.3, 0.4) is 0 Å². The van der Waals surface area contributed by atoms with Gasteiger partial charge in [0.1, 0.15) is 11.6 Å². The van der Waals surface area contributed by atoms with Gasteiger partial charge >= 0.3 is 0 Å². The zero-order chi connectivity index (χ0) is 19.0. The normalized spacial score (nSPS) is 24.4. The van der Waals surface area contributed by atoms with Gasteiger partial charge in [-0.3, -0.25) is 0 Å². The van der Waals surface area contributed by atoms with Gasteiger partial charge < -0.3 is 10.0 Å². The number of anilines is 2. The number of hydrogen-bond donors (Lipinski definition) is 1. The van der Waals surface area contributed by atoms with E-state index in [2.05, 4.69) is 10.0 Å². The number of rotatable bonds is 2. The van der Waals surface area contributed by atoms with Gasteiger partial charge in [0, 0.05) is 16.3 Å². The summed E-state index contributed by atoms with van der Waals surface area (Å²) in [5, 5.41) is 14.7. The molecule has 0 radical (unpaired) electrons. The minimum atomic E-state index is -0.858. The van der Waals surface area contributed by atoms with E-state index in [1.165, 1.54) is 24.3 Å². The lowest BCUT2D eigenvalue weighted by molar-refractivity contribution is 0.0879. The molecule has 3 atom stereocenters. The highest BCUT2D eigenvalue weighted by atomic mass is 19.1. The Morgan fingerprint density at radius 1 is 1.00 bits per heavy atom. The van der Waals surface area contributed by atoms with Crippen LogP contribution in [0.15, 0.2) is 41.5 Å². The highest BCUT2D eigenvalue weighted by Gasteiger charge is 2.38. The lowest BCUT2D eigenvalue weighted by atomic mass is 9.86. The van der Waals surface area contributed by atoms with E-state index >= 15 is 0 Å². The zero-order valence-electron chi connectivity index (χ0n) is 14.7. The second kappa shape index (κ2) is 7.18. The van der Waals surface area contributed by atoms with Crippen LogP contribution in [-0.4, -0.2) is 23.3 Å². The molecule has 0 amide bonds. The van der Waals surface area contributed by atoms with E-state index in [0.717, 1.165) is 28.9 Å². The molecule has 0 spiro atoms. The Kier molecular flexibility index (Phi) is 4.72. The van der Waals surface area contributed by atoms with Crippen LogP contribution >= 0.6 is 0 Å². The number of halogens is 2. The molecule has 7 heteroatoms. The first-order valence-electron chi connectivity index (χ1n) is 9.17. The van der Waals surface area contributed by atoms with Gasteiger partial charge in [-0.15, -0.1) is 0 Å². The third-order valence-corrected chi connectivity index (χ3v) is 5.59. The summed E-state index contributed by atoms with van der Waals surface area (Å²) in [5.41, 5.74) is 12.1. The zero-order valence-corrected chi connectivity index (χ0v) is 14.7. The maximum Gasteiger partial charge on any atom is 0.123 e. The second-order valence-electron chi connectivity index (χ2n) is 7.18. The molecular formula is C20H20F2N4O. The van der Waals surface area contributed by atoms with Crippen LogP contribution in [0.2, 0.25) is 0 Å². The van der Waals surface area contributed by atoms with Gasteiger partial charge in [0.05, 0.1) is 18.2 Å². The van der Waals surface area contributed by atoms with Gasteiger partial charge in [0.2, 0.25) is 0 Å². The Balaban J connectivity index is 1.86. The number of aliphatic hydroxyl groups is 1. The van der Waals surface area contributed by atoms with E-state index < -0.39 is 12.1 Å². The first-order valence-corrected chi connectivity index (χ1v) is 9.17. The van der Waals surface area contributed by atoms with Crippen molar-refractivity contribution >= 4 is 11.4 Å². The summed E-state index contributed by atoms with van der Waals surface area (Å²) >= 11 is 0. The van der Waals surface area contributed by atoms with Crippen LogP contribution in [0, 0.1) is 11.6 Å². The van der Waals surface area contributed by atoms with E-state index in [9.17, 15) is 13.9 Å². The van der Waals surface area contributed by atoms with Crippen LogP contribution in [-0.2, 0) is 12.8 Å². The van der Waals surface area contributed by atoms with Crippen molar-refractivity contribution in [2.45, 2.75) is 50.3 Å². The van der Waals surface area contributed by atoms with Gasteiger partial charge in [-0.1, -0.05) is 11.5 Å². The number of azide groups is 1. The molecule has 4 rings (SSSR count). The van der Waals surface area contributed by atoms with Gasteiger partial charge in [-0.05, 0) is 78.7 Å². The quantitative estimate of drug-likeness (QED) is 0.469. The molecule has 2 aromatic rings. The van der Waals surface area contributed by atoms with Crippen LogP contribution in [0.5, 0.6) is 0 Å². The minimum absolute atomic E-state index is 0.318. The molecule has 2 aromatic carbocycles. The number of aryl methyl sites for hydroxylation is 2. The summed E-state index contributed by atoms with van der Waals surface area (Å²) in [5.74, 6) is -0.635. The lowest BCUT2D eigenvalue weighted by Gasteiger charge is -2.42. The topological polar surface area (TPSA) is 72.2 Å². The van der Waals surface area contributed by atoms with Crippen LogP contribution in [0.25, 0.3) is 10.4 Å². The van der Waals surface area contributed by atoms with E-state index in [1.54, 1.807) is 12.1 Å². The molecule has 140 valence electrons. The standard InChI is InChI=1S/C20H20F2N4O/c21-14-6-8-17-12(10-14)4-5-13-11-15(22)7-9-18(13)26(17)19-3-1-2-16(20(19)27)24-25-23/h6-11,16,19-20,27H,1-5H2/t16?,19-,20-/m1/s1. The fraction of sp³-hybridized carbons (Fsp3) is 0.400. The van der Waals surface area contributed by atoms with Crippen molar-refractivity contribution in [3.8, 4) is 0 Å². The van der Waals surface area contributed by atoms with E-state index in [0.29, 0.717) is 25.7 Å². The van der Waals surface area contributed by atoms with Gasteiger partial charge in [0.15, 0.2) is 0 Å². The fourth-order valence-corrected chi connectivity index (χ4v) is 4.34. The molecule has 1 aliphatic heterocycles. The third-order valence-electron chi connectivity index (χ3n) is 5.59. The van der Waals surface area contributed by atoms with Crippen LogP contribution in [0.4, 0.5) is 20.2 Å². The molecule has 0 bridgehead atoms. The summed E-state index contributed by atoms with van der Waals surface area (Å²) in [7, 11) is 0. The average Bonchev–Trinajstić information content (AvgIpc) is 2.80. The smallest absolute Gasteiger partial charge is 0.123 e. The molecule has 1 unspecified atom stereocenters. The van der Waals surface area contributed by atoms with Crippen molar-refractivity contribution in [2.75, 3.05) is 4.90 Å². The van der Waals surface area contributed by atoms with E-state index in [-0.39, 0.29) is 17.7 Å². The number of hydrogen-bond acceptors (Lipinski definition) is 3.